The van der Waals surface area contributed by atoms with Crippen molar-refractivity contribution in [3.63, 3.8) is 0 Å². The summed E-state index contributed by atoms with van der Waals surface area (Å²) in [5.74, 6) is 0. The molecule has 0 saturated heterocycles. The van der Waals surface area contributed by atoms with Crippen molar-refractivity contribution in [2.45, 2.75) is 24.7 Å². The van der Waals surface area contributed by atoms with Crippen molar-refractivity contribution in [2.75, 3.05) is 7.05 Å². The fourth-order valence-corrected chi connectivity index (χ4v) is 4.97. The van der Waals surface area contributed by atoms with Crippen LogP contribution >= 0.6 is 22.6 Å². The number of aryl methyl sites for hydroxylation is 1. The highest BCUT2D eigenvalue weighted by atomic mass is 127. The van der Waals surface area contributed by atoms with E-state index in [1.165, 1.54) is 17.4 Å². The zero-order valence-electron chi connectivity index (χ0n) is 13.6. The molecule has 128 valence electrons. The second-order valence-electron chi connectivity index (χ2n) is 5.38. The van der Waals surface area contributed by atoms with Gasteiger partial charge in [-0.25, -0.2) is 8.42 Å². The first-order valence-corrected chi connectivity index (χ1v) is 9.90. The Morgan fingerprint density at radius 2 is 1.92 bits per heavy atom. The third kappa shape index (κ3) is 4.44. The molecule has 0 amide bonds. The van der Waals surface area contributed by atoms with Crippen LogP contribution in [0.4, 0.5) is 0 Å². The Balaban J connectivity index is 2.20. The van der Waals surface area contributed by atoms with E-state index < -0.39 is 16.3 Å². The van der Waals surface area contributed by atoms with E-state index in [1.54, 1.807) is 12.1 Å². The van der Waals surface area contributed by atoms with Crippen LogP contribution in [0.5, 0.6) is 0 Å². The Morgan fingerprint density at radius 1 is 1.25 bits per heavy atom. The van der Waals surface area contributed by atoms with Crippen LogP contribution in [0.3, 0.4) is 0 Å². The fraction of sp³-hybridized carbons (Fsp3) is 0.222. The zero-order chi connectivity index (χ0) is 17.7. The van der Waals surface area contributed by atoms with Gasteiger partial charge in [-0.3, -0.25) is 0 Å². The van der Waals surface area contributed by atoms with Crippen LogP contribution in [0.15, 0.2) is 66.1 Å². The number of hydrogen-bond donors (Lipinski definition) is 0. The first-order valence-electron chi connectivity index (χ1n) is 7.38. The second kappa shape index (κ2) is 8.24. The SMILES string of the molecule is C=CC(OCc1ccccc1)N(C)S(=O)(=O)c1ccc(C)cc1I. The minimum atomic E-state index is -3.67. The summed E-state index contributed by atoms with van der Waals surface area (Å²) in [5, 5.41) is 0. The molecule has 0 aliphatic rings. The molecule has 0 N–H and O–H groups in total. The molecule has 0 fully saturated rings. The maximum Gasteiger partial charge on any atom is 0.246 e. The second-order valence-corrected chi connectivity index (χ2v) is 8.51. The summed E-state index contributed by atoms with van der Waals surface area (Å²) in [7, 11) is -2.17. The summed E-state index contributed by atoms with van der Waals surface area (Å²) in [5.41, 5.74) is 1.99. The third-order valence-corrected chi connectivity index (χ3v) is 6.70. The lowest BCUT2D eigenvalue weighted by molar-refractivity contribution is 0.0124. The van der Waals surface area contributed by atoms with Gasteiger partial charge in [0, 0.05) is 10.6 Å². The van der Waals surface area contributed by atoms with E-state index in [4.69, 9.17) is 4.74 Å². The van der Waals surface area contributed by atoms with Gasteiger partial charge in [-0.1, -0.05) is 43.0 Å². The first kappa shape index (κ1) is 19.1. The molecule has 6 heteroatoms. The van der Waals surface area contributed by atoms with Crippen LogP contribution in [0.25, 0.3) is 0 Å². The molecule has 0 heterocycles. The molecule has 0 saturated carbocycles. The predicted octanol–water partition coefficient (Wildman–Crippen LogP) is 3.95. The normalized spacial score (nSPS) is 13.0. The van der Waals surface area contributed by atoms with Gasteiger partial charge in [0.25, 0.3) is 0 Å². The van der Waals surface area contributed by atoms with Crippen molar-refractivity contribution in [2.24, 2.45) is 0 Å². The van der Waals surface area contributed by atoms with Crippen LogP contribution < -0.4 is 0 Å². The largest absolute Gasteiger partial charge is 0.354 e. The molecule has 0 spiro atoms. The molecular weight excluding hydrogens is 437 g/mol. The summed E-state index contributed by atoms with van der Waals surface area (Å²) < 4.78 is 33.4. The number of likely N-dealkylation sites (N-methyl/N-ethyl adjacent to an activating group) is 1. The highest BCUT2D eigenvalue weighted by molar-refractivity contribution is 14.1. The van der Waals surface area contributed by atoms with Gasteiger partial charge in [-0.15, -0.1) is 0 Å². The lowest BCUT2D eigenvalue weighted by atomic mass is 10.2. The quantitative estimate of drug-likeness (QED) is 0.360. The smallest absolute Gasteiger partial charge is 0.246 e. The summed E-state index contributed by atoms with van der Waals surface area (Å²) in [4.78, 5) is 0.270. The molecule has 1 unspecified atom stereocenters. The van der Waals surface area contributed by atoms with Gasteiger partial charge in [0.2, 0.25) is 10.0 Å². The average Bonchev–Trinajstić information content (AvgIpc) is 2.55. The third-order valence-electron chi connectivity index (χ3n) is 3.57. The summed E-state index contributed by atoms with van der Waals surface area (Å²) >= 11 is 2.04. The molecule has 0 aliphatic heterocycles. The molecule has 2 aromatic rings. The lowest BCUT2D eigenvalue weighted by Gasteiger charge is -2.25. The molecule has 0 aromatic heterocycles. The van der Waals surface area contributed by atoms with Gasteiger partial charge in [-0.05, 0) is 58.9 Å². The predicted molar refractivity (Wildman–Crippen MR) is 104 cm³/mol. The van der Waals surface area contributed by atoms with E-state index in [1.807, 2.05) is 65.9 Å². The van der Waals surface area contributed by atoms with Crippen molar-refractivity contribution < 1.29 is 13.2 Å². The molecule has 1 atom stereocenters. The van der Waals surface area contributed by atoms with E-state index in [2.05, 4.69) is 6.58 Å². The highest BCUT2D eigenvalue weighted by Gasteiger charge is 2.28. The number of sulfonamides is 1. The van der Waals surface area contributed by atoms with Crippen LogP contribution in [-0.2, 0) is 21.4 Å². The zero-order valence-corrected chi connectivity index (χ0v) is 16.6. The topological polar surface area (TPSA) is 46.6 Å². The molecule has 2 aromatic carbocycles. The van der Waals surface area contributed by atoms with E-state index in [-0.39, 0.29) is 4.90 Å². The van der Waals surface area contributed by atoms with Crippen LogP contribution in [0, 0.1) is 10.5 Å². The van der Waals surface area contributed by atoms with Gasteiger partial charge in [-0.2, -0.15) is 4.31 Å². The number of halogens is 1. The molecular formula is C18H20INO3S. The number of nitrogens with zero attached hydrogens (tertiary/aromatic N) is 1. The molecule has 0 bridgehead atoms. The maximum atomic E-state index is 12.9. The van der Waals surface area contributed by atoms with E-state index >= 15 is 0 Å². The fourth-order valence-electron chi connectivity index (χ4n) is 2.18. The van der Waals surface area contributed by atoms with E-state index in [9.17, 15) is 8.42 Å². The van der Waals surface area contributed by atoms with Crippen molar-refractivity contribution in [3.05, 3.63) is 75.9 Å². The Morgan fingerprint density at radius 3 is 2.50 bits per heavy atom. The Labute approximate surface area is 157 Å². The van der Waals surface area contributed by atoms with Crippen molar-refractivity contribution in [1.82, 2.24) is 4.31 Å². The van der Waals surface area contributed by atoms with Gasteiger partial charge >= 0.3 is 0 Å². The summed E-state index contributed by atoms with van der Waals surface area (Å²) in [6.45, 7) is 5.94. The Hall–Kier alpha value is -1.22. The standard InChI is InChI=1S/C18H20INO3S/c1-4-18(23-13-15-8-6-5-7-9-15)20(3)24(21,22)17-11-10-14(2)12-16(17)19/h4-12,18H,1,13H2,2-3H3. The van der Waals surface area contributed by atoms with Crippen molar-refractivity contribution in [3.8, 4) is 0 Å². The highest BCUT2D eigenvalue weighted by Crippen LogP contribution is 2.24. The maximum absolute atomic E-state index is 12.9. The van der Waals surface area contributed by atoms with Gasteiger partial charge in [0.1, 0.15) is 6.23 Å². The molecule has 0 radical (unpaired) electrons. The molecule has 4 nitrogen and oxygen atoms in total. The molecule has 2 rings (SSSR count). The number of hydrogen-bond acceptors (Lipinski definition) is 3. The van der Waals surface area contributed by atoms with E-state index in [0.717, 1.165) is 11.1 Å². The summed E-state index contributed by atoms with van der Waals surface area (Å²) in [6.07, 6.45) is 0.744. The van der Waals surface area contributed by atoms with Crippen molar-refractivity contribution >= 4 is 32.6 Å². The Bertz CT molecular complexity index is 806. The van der Waals surface area contributed by atoms with E-state index in [0.29, 0.717) is 10.2 Å². The number of rotatable bonds is 7. The summed E-state index contributed by atoms with van der Waals surface area (Å²) in [6, 6.07) is 14.9. The van der Waals surface area contributed by atoms with Gasteiger partial charge < -0.3 is 4.74 Å². The minimum absolute atomic E-state index is 0.270. The van der Waals surface area contributed by atoms with Crippen LogP contribution in [0.2, 0.25) is 0 Å². The van der Waals surface area contributed by atoms with Gasteiger partial charge in [0.15, 0.2) is 0 Å². The monoisotopic (exact) mass is 457 g/mol. The first-order chi connectivity index (χ1) is 11.4. The van der Waals surface area contributed by atoms with Gasteiger partial charge in [0.05, 0.1) is 11.5 Å². The number of benzene rings is 2. The van der Waals surface area contributed by atoms with Crippen LogP contribution in [-0.4, -0.2) is 26.0 Å². The minimum Gasteiger partial charge on any atom is -0.354 e. The molecule has 24 heavy (non-hydrogen) atoms. The molecule has 0 aliphatic carbocycles. The lowest BCUT2D eigenvalue weighted by Crippen LogP contribution is -2.37. The van der Waals surface area contributed by atoms with Crippen molar-refractivity contribution in [1.29, 1.82) is 0 Å². The van der Waals surface area contributed by atoms with Crippen LogP contribution in [0.1, 0.15) is 11.1 Å². The number of ether oxygens (including phenoxy) is 1. The Kier molecular flexibility index (Phi) is 6.56. The average molecular weight is 457 g/mol.